The molecule has 2 aromatic carbocycles. The topological polar surface area (TPSA) is 69.6 Å². The molecule has 0 aliphatic rings. The number of benzene rings is 2. The highest BCUT2D eigenvalue weighted by atomic mass is 32.2. The van der Waals surface area contributed by atoms with Crippen molar-refractivity contribution >= 4 is 23.4 Å². The predicted molar refractivity (Wildman–Crippen MR) is 115 cm³/mol. The third-order valence-electron chi connectivity index (χ3n) is 4.22. The molecule has 0 bridgehead atoms. The smallest absolute Gasteiger partial charge is 0.491 e. The van der Waals surface area contributed by atoms with E-state index < -0.39 is 12.3 Å². The van der Waals surface area contributed by atoms with Crippen LogP contribution >= 0.6 is 11.8 Å². The Morgan fingerprint density at radius 3 is 2.41 bits per heavy atom. The fourth-order valence-corrected chi connectivity index (χ4v) is 3.70. The number of ether oxygens (including phenoxy) is 2. The van der Waals surface area contributed by atoms with Gasteiger partial charge in [-0.2, -0.15) is 0 Å². The SMILES string of the molecule is COc1cn(CC(=O)Nc2ccc(OC(F)(F)F)cc2)c(CSc2ccccc2)cc1=O. The first-order chi connectivity index (χ1) is 15.2. The average molecular weight is 464 g/mol. The number of pyridine rings is 1. The third kappa shape index (κ3) is 6.81. The summed E-state index contributed by atoms with van der Waals surface area (Å²) in [4.78, 5) is 25.7. The van der Waals surface area contributed by atoms with Crippen molar-refractivity contribution in [3.8, 4) is 11.5 Å². The zero-order chi connectivity index (χ0) is 23.1. The molecule has 0 unspecified atom stereocenters. The minimum Gasteiger partial charge on any atom is -0.491 e. The lowest BCUT2D eigenvalue weighted by Gasteiger charge is -2.15. The van der Waals surface area contributed by atoms with E-state index in [1.54, 1.807) is 4.57 Å². The molecule has 168 valence electrons. The number of carbonyl (C=O) groups excluding carboxylic acids is 1. The summed E-state index contributed by atoms with van der Waals surface area (Å²) in [5.41, 5.74) is 0.625. The fraction of sp³-hybridized carbons (Fsp3) is 0.182. The number of nitrogens with zero attached hydrogens (tertiary/aromatic N) is 1. The normalized spacial score (nSPS) is 11.1. The highest BCUT2D eigenvalue weighted by molar-refractivity contribution is 7.98. The average Bonchev–Trinajstić information content (AvgIpc) is 2.74. The number of rotatable bonds is 8. The Morgan fingerprint density at radius 2 is 1.78 bits per heavy atom. The Kier molecular flexibility index (Phi) is 7.47. The number of anilines is 1. The standard InChI is InChI=1S/C22H19F3N2O4S/c1-30-20-12-27(16(11-19(20)28)14-32-18-5-3-2-4-6-18)13-21(29)26-15-7-9-17(10-8-15)31-22(23,24)25/h2-12H,13-14H2,1H3,(H,26,29). The van der Waals surface area contributed by atoms with Crippen molar-refractivity contribution in [3.05, 3.63) is 82.8 Å². The molecule has 6 nitrogen and oxygen atoms in total. The molecule has 0 spiro atoms. The zero-order valence-electron chi connectivity index (χ0n) is 16.9. The number of nitrogens with one attached hydrogen (secondary N) is 1. The molecule has 0 saturated heterocycles. The van der Waals surface area contributed by atoms with Crippen molar-refractivity contribution in [1.29, 1.82) is 0 Å². The molecule has 0 fully saturated rings. The van der Waals surface area contributed by atoms with Crippen molar-refractivity contribution in [1.82, 2.24) is 4.57 Å². The van der Waals surface area contributed by atoms with Crippen LogP contribution in [0.5, 0.6) is 11.5 Å². The molecule has 1 aromatic heterocycles. The summed E-state index contributed by atoms with van der Waals surface area (Å²) >= 11 is 1.51. The molecule has 10 heteroatoms. The molecular weight excluding hydrogens is 445 g/mol. The number of carbonyl (C=O) groups is 1. The first kappa shape index (κ1) is 23.3. The Balaban J connectivity index is 1.71. The second-order valence-corrected chi connectivity index (χ2v) is 7.60. The number of alkyl halides is 3. The van der Waals surface area contributed by atoms with Crippen molar-refractivity contribution < 1.29 is 27.4 Å². The maximum absolute atomic E-state index is 12.5. The van der Waals surface area contributed by atoms with Crippen LogP contribution in [-0.2, 0) is 17.1 Å². The van der Waals surface area contributed by atoms with Crippen molar-refractivity contribution in [3.63, 3.8) is 0 Å². The number of amides is 1. The lowest BCUT2D eigenvalue weighted by atomic mass is 10.3. The van der Waals surface area contributed by atoms with Gasteiger partial charge in [-0.25, -0.2) is 0 Å². The van der Waals surface area contributed by atoms with Gasteiger partial charge in [-0.05, 0) is 36.4 Å². The lowest BCUT2D eigenvalue weighted by Crippen LogP contribution is -2.22. The van der Waals surface area contributed by atoms with Gasteiger partial charge in [-0.1, -0.05) is 18.2 Å². The summed E-state index contributed by atoms with van der Waals surface area (Å²) in [6.45, 7) is -0.123. The Hall–Kier alpha value is -3.40. The molecular formula is C22H19F3N2O4S. The van der Waals surface area contributed by atoms with Crippen molar-refractivity contribution in [2.24, 2.45) is 0 Å². The van der Waals surface area contributed by atoms with E-state index in [1.807, 2.05) is 30.3 Å². The Morgan fingerprint density at radius 1 is 1.09 bits per heavy atom. The van der Waals surface area contributed by atoms with Crippen molar-refractivity contribution in [2.45, 2.75) is 23.6 Å². The van der Waals surface area contributed by atoms with E-state index in [0.717, 1.165) is 17.0 Å². The number of aromatic nitrogens is 1. The number of hydrogen-bond acceptors (Lipinski definition) is 5. The Labute approximate surface area is 186 Å². The van der Waals surface area contributed by atoms with Gasteiger partial charge in [0.25, 0.3) is 0 Å². The fourth-order valence-electron chi connectivity index (χ4n) is 2.79. The van der Waals surface area contributed by atoms with E-state index in [0.29, 0.717) is 17.1 Å². The molecule has 32 heavy (non-hydrogen) atoms. The first-order valence-corrected chi connectivity index (χ1v) is 10.3. The molecule has 0 aliphatic carbocycles. The molecule has 3 rings (SSSR count). The van der Waals surface area contributed by atoms with E-state index in [4.69, 9.17) is 4.74 Å². The highest BCUT2D eigenvalue weighted by Gasteiger charge is 2.30. The number of halogens is 3. The number of hydrogen-bond donors (Lipinski definition) is 1. The van der Waals surface area contributed by atoms with Crippen LogP contribution in [-0.4, -0.2) is 23.9 Å². The van der Waals surface area contributed by atoms with Crippen LogP contribution in [0.1, 0.15) is 5.69 Å². The van der Waals surface area contributed by atoms with Gasteiger partial charge in [0.1, 0.15) is 12.3 Å². The zero-order valence-corrected chi connectivity index (χ0v) is 17.7. The summed E-state index contributed by atoms with van der Waals surface area (Å²) < 4.78 is 47.3. The van der Waals surface area contributed by atoms with Crippen LogP contribution in [0.15, 0.2) is 76.6 Å². The van der Waals surface area contributed by atoms with E-state index >= 15 is 0 Å². The molecule has 0 radical (unpaired) electrons. The Bertz CT molecular complexity index is 1120. The largest absolute Gasteiger partial charge is 0.573 e. The van der Waals surface area contributed by atoms with E-state index in [9.17, 15) is 22.8 Å². The second-order valence-electron chi connectivity index (χ2n) is 6.55. The van der Waals surface area contributed by atoms with E-state index in [-0.39, 0.29) is 23.5 Å². The van der Waals surface area contributed by atoms with E-state index in [1.165, 1.54) is 43.3 Å². The van der Waals surface area contributed by atoms with Crippen LogP contribution in [0.2, 0.25) is 0 Å². The number of methoxy groups -OCH3 is 1. The maximum atomic E-state index is 12.5. The van der Waals surface area contributed by atoms with Crippen molar-refractivity contribution in [2.75, 3.05) is 12.4 Å². The van der Waals surface area contributed by atoms with Gasteiger partial charge in [0.05, 0.1) is 13.3 Å². The summed E-state index contributed by atoms with van der Waals surface area (Å²) in [6.07, 6.45) is -3.33. The van der Waals surface area contributed by atoms with Gasteiger partial charge < -0.3 is 19.4 Å². The highest BCUT2D eigenvalue weighted by Crippen LogP contribution is 2.25. The first-order valence-electron chi connectivity index (χ1n) is 9.34. The predicted octanol–water partition coefficient (Wildman–Crippen LogP) is 4.69. The van der Waals surface area contributed by atoms with Gasteiger partial charge in [-0.15, -0.1) is 24.9 Å². The van der Waals surface area contributed by atoms with Crippen LogP contribution in [0.25, 0.3) is 0 Å². The third-order valence-corrected chi connectivity index (χ3v) is 5.26. The van der Waals surface area contributed by atoms with Gasteiger partial charge in [0.2, 0.25) is 11.3 Å². The van der Waals surface area contributed by atoms with Crippen LogP contribution in [0.3, 0.4) is 0 Å². The molecule has 1 amide bonds. The molecule has 0 saturated carbocycles. The summed E-state index contributed by atoms with van der Waals surface area (Å²) in [6, 6.07) is 15.8. The summed E-state index contributed by atoms with van der Waals surface area (Å²) in [7, 11) is 1.37. The minimum atomic E-state index is -4.79. The van der Waals surface area contributed by atoms with Crippen LogP contribution in [0.4, 0.5) is 18.9 Å². The van der Waals surface area contributed by atoms with Crippen LogP contribution in [0, 0.1) is 0 Å². The molecule has 1 N–H and O–H groups in total. The number of thioether (sulfide) groups is 1. The maximum Gasteiger partial charge on any atom is 0.573 e. The van der Waals surface area contributed by atoms with Crippen LogP contribution < -0.4 is 20.2 Å². The van der Waals surface area contributed by atoms with Gasteiger partial charge >= 0.3 is 6.36 Å². The summed E-state index contributed by atoms with van der Waals surface area (Å²) in [5, 5.41) is 2.61. The lowest BCUT2D eigenvalue weighted by molar-refractivity contribution is -0.274. The second kappa shape index (κ2) is 10.3. The summed E-state index contributed by atoms with van der Waals surface area (Å²) in [5.74, 6) is -0.271. The molecule has 0 atom stereocenters. The molecule has 1 heterocycles. The van der Waals surface area contributed by atoms with Gasteiger partial charge in [-0.3, -0.25) is 9.59 Å². The van der Waals surface area contributed by atoms with E-state index in [2.05, 4.69) is 10.1 Å². The monoisotopic (exact) mass is 464 g/mol. The minimum absolute atomic E-state index is 0.0971. The quantitative estimate of drug-likeness (QED) is 0.490. The van der Waals surface area contributed by atoms with Gasteiger partial charge in [0, 0.05) is 28.1 Å². The molecule has 0 aliphatic heterocycles. The van der Waals surface area contributed by atoms with Gasteiger partial charge in [0.15, 0.2) is 5.75 Å². The molecule has 3 aromatic rings.